The summed E-state index contributed by atoms with van der Waals surface area (Å²) in [6.07, 6.45) is 0.795. The summed E-state index contributed by atoms with van der Waals surface area (Å²) in [4.78, 5) is 0. The maximum Gasteiger partial charge on any atom is 0.142 e. The van der Waals surface area contributed by atoms with Crippen molar-refractivity contribution in [2.75, 3.05) is 13.1 Å². The third kappa shape index (κ3) is 4.08. The fourth-order valence-corrected chi connectivity index (χ4v) is 2.98. The summed E-state index contributed by atoms with van der Waals surface area (Å²) < 4.78 is 19.7. The maximum atomic E-state index is 13.6. The highest BCUT2D eigenvalue weighted by atomic mass is 35.5. The smallest absolute Gasteiger partial charge is 0.142 e. The van der Waals surface area contributed by atoms with Gasteiger partial charge in [0.25, 0.3) is 0 Å². The Balaban J connectivity index is 2.15. The zero-order chi connectivity index (χ0) is 14.9. The SMILES string of the molecule is CC(C)(C)CC1CNCC(c2cc(F)c(Cl)cc2Cl)O1. The summed E-state index contributed by atoms with van der Waals surface area (Å²) in [5.74, 6) is -0.465. The standard InChI is InChI=1S/C15H20Cl2FNO/c1-15(2,3)6-9-7-19-8-14(20-9)10-4-13(18)12(17)5-11(10)16/h4-5,9,14,19H,6-8H2,1-3H3. The minimum Gasteiger partial charge on any atom is -0.368 e. The third-order valence-corrected chi connectivity index (χ3v) is 3.90. The van der Waals surface area contributed by atoms with Crippen LogP contribution in [0.1, 0.15) is 38.9 Å². The molecule has 0 radical (unpaired) electrons. The van der Waals surface area contributed by atoms with Crippen molar-refractivity contribution in [1.29, 1.82) is 0 Å². The molecule has 1 aliphatic rings. The molecule has 0 saturated carbocycles. The molecule has 0 bridgehead atoms. The lowest BCUT2D eigenvalue weighted by Gasteiger charge is -2.35. The molecule has 1 saturated heterocycles. The van der Waals surface area contributed by atoms with Crippen LogP contribution < -0.4 is 5.32 Å². The molecule has 2 rings (SSSR count). The van der Waals surface area contributed by atoms with Gasteiger partial charge in [-0.3, -0.25) is 0 Å². The molecule has 1 N–H and O–H groups in total. The zero-order valence-corrected chi connectivity index (χ0v) is 13.5. The molecule has 20 heavy (non-hydrogen) atoms. The lowest BCUT2D eigenvalue weighted by atomic mass is 9.88. The lowest BCUT2D eigenvalue weighted by molar-refractivity contribution is -0.0553. The second-order valence-corrected chi connectivity index (χ2v) is 7.27. The van der Waals surface area contributed by atoms with Crippen molar-refractivity contribution >= 4 is 23.2 Å². The highest BCUT2D eigenvalue weighted by Gasteiger charge is 2.28. The van der Waals surface area contributed by atoms with Gasteiger partial charge in [-0.2, -0.15) is 0 Å². The second-order valence-electron chi connectivity index (χ2n) is 6.46. The Labute approximate surface area is 129 Å². The van der Waals surface area contributed by atoms with Crippen LogP contribution in [0.5, 0.6) is 0 Å². The number of halogens is 3. The zero-order valence-electron chi connectivity index (χ0n) is 12.0. The first-order valence-electron chi connectivity index (χ1n) is 6.77. The number of hydrogen-bond donors (Lipinski definition) is 1. The fraction of sp³-hybridized carbons (Fsp3) is 0.600. The predicted octanol–water partition coefficient (Wildman–Crippen LogP) is 4.60. The van der Waals surface area contributed by atoms with Crippen LogP contribution in [-0.2, 0) is 4.74 Å². The normalized spacial score (nSPS) is 23.9. The molecule has 2 atom stereocenters. The van der Waals surface area contributed by atoms with Crippen LogP contribution in [0.4, 0.5) is 4.39 Å². The van der Waals surface area contributed by atoms with E-state index in [4.69, 9.17) is 27.9 Å². The summed E-state index contributed by atoms with van der Waals surface area (Å²) >= 11 is 11.9. The van der Waals surface area contributed by atoms with E-state index < -0.39 is 5.82 Å². The molecule has 1 fully saturated rings. The van der Waals surface area contributed by atoms with Gasteiger partial charge in [0, 0.05) is 23.7 Å². The van der Waals surface area contributed by atoms with E-state index in [9.17, 15) is 4.39 Å². The van der Waals surface area contributed by atoms with Gasteiger partial charge in [0.15, 0.2) is 0 Å². The van der Waals surface area contributed by atoms with Crippen molar-refractivity contribution in [2.24, 2.45) is 5.41 Å². The molecule has 5 heteroatoms. The molecule has 0 amide bonds. The first-order valence-corrected chi connectivity index (χ1v) is 7.52. The molecule has 0 spiro atoms. The van der Waals surface area contributed by atoms with Crippen molar-refractivity contribution in [3.05, 3.63) is 33.6 Å². The van der Waals surface area contributed by atoms with Crippen molar-refractivity contribution in [1.82, 2.24) is 5.32 Å². The summed E-state index contributed by atoms with van der Waals surface area (Å²) in [7, 11) is 0. The van der Waals surface area contributed by atoms with Crippen molar-refractivity contribution in [3.63, 3.8) is 0 Å². The Morgan fingerprint density at radius 2 is 1.95 bits per heavy atom. The molecule has 1 aliphatic heterocycles. The highest BCUT2D eigenvalue weighted by molar-refractivity contribution is 6.35. The van der Waals surface area contributed by atoms with Crippen LogP contribution >= 0.6 is 23.2 Å². The molecule has 0 aliphatic carbocycles. The first-order chi connectivity index (χ1) is 9.26. The van der Waals surface area contributed by atoms with Crippen molar-refractivity contribution in [2.45, 2.75) is 39.4 Å². The van der Waals surface area contributed by atoms with E-state index >= 15 is 0 Å². The van der Waals surface area contributed by atoms with Gasteiger partial charge in [0.2, 0.25) is 0 Å². The van der Waals surface area contributed by atoms with Crippen LogP contribution in [0.25, 0.3) is 0 Å². The Morgan fingerprint density at radius 3 is 2.60 bits per heavy atom. The fourth-order valence-electron chi connectivity index (χ4n) is 2.48. The molecule has 1 heterocycles. The number of morpholine rings is 1. The number of benzene rings is 1. The van der Waals surface area contributed by atoms with Gasteiger partial charge in [-0.05, 0) is 24.0 Å². The van der Waals surface area contributed by atoms with Crippen LogP contribution in [0.2, 0.25) is 10.0 Å². The molecule has 2 nitrogen and oxygen atoms in total. The number of hydrogen-bond acceptors (Lipinski definition) is 2. The van der Waals surface area contributed by atoms with E-state index in [-0.39, 0.29) is 22.6 Å². The van der Waals surface area contributed by atoms with Crippen molar-refractivity contribution in [3.8, 4) is 0 Å². The topological polar surface area (TPSA) is 21.3 Å². The average molecular weight is 320 g/mol. The lowest BCUT2D eigenvalue weighted by Crippen LogP contribution is -2.42. The summed E-state index contributed by atoms with van der Waals surface area (Å²) in [6, 6.07) is 2.81. The average Bonchev–Trinajstić information content (AvgIpc) is 2.32. The van der Waals surface area contributed by atoms with Gasteiger partial charge in [0.05, 0.1) is 17.2 Å². The Morgan fingerprint density at radius 1 is 1.25 bits per heavy atom. The Kier molecular flexibility index (Phi) is 4.96. The number of ether oxygens (including phenoxy) is 1. The highest BCUT2D eigenvalue weighted by Crippen LogP contribution is 2.34. The van der Waals surface area contributed by atoms with Crippen LogP contribution in [-0.4, -0.2) is 19.2 Å². The molecular weight excluding hydrogens is 300 g/mol. The van der Waals surface area contributed by atoms with E-state index in [2.05, 4.69) is 26.1 Å². The van der Waals surface area contributed by atoms with Crippen LogP contribution in [0, 0.1) is 11.2 Å². The second kappa shape index (κ2) is 6.18. The van der Waals surface area contributed by atoms with E-state index in [0.29, 0.717) is 17.1 Å². The first kappa shape index (κ1) is 16.0. The molecule has 112 valence electrons. The van der Waals surface area contributed by atoms with Crippen LogP contribution in [0.3, 0.4) is 0 Å². The van der Waals surface area contributed by atoms with Crippen LogP contribution in [0.15, 0.2) is 12.1 Å². The maximum absolute atomic E-state index is 13.6. The molecule has 2 unspecified atom stereocenters. The largest absolute Gasteiger partial charge is 0.368 e. The van der Waals surface area contributed by atoms with E-state index in [1.807, 2.05) is 0 Å². The predicted molar refractivity (Wildman–Crippen MR) is 81.0 cm³/mol. The minimum absolute atomic E-state index is 0.0359. The molecule has 0 aromatic heterocycles. The molecule has 1 aromatic rings. The Hall–Kier alpha value is -0.350. The van der Waals surface area contributed by atoms with Gasteiger partial charge in [-0.15, -0.1) is 0 Å². The molecular formula is C15H20Cl2FNO. The minimum atomic E-state index is -0.465. The van der Waals surface area contributed by atoms with E-state index in [0.717, 1.165) is 13.0 Å². The monoisotopic (exact) mass is 319 g/mol. The van der Waals surface area contributed by atoms with E-state index in [1.54, 1.807) is 0 Å². The quantitative estimate of drug-likeness (QED) is 0.804. The number of rotatable bonds is 2. The Bertz CT molecular complexity index is 487. The summed E-state index contributed by atoms with van der Waals surface area (Å²) in [6.45, 7) is 7.96. The summed E-state index contributed by atoms with van der Waals surface area (Å²) in [5.41, 5.74) is 0.836. The van der Waals surface area contributed by atoms with Gasteiger partial charge in [-0.25, -0.2) is 4.39 Å². The molecule has 1 aromatic carbocycles. The van der Waals surface area contributed by atoms with Crippen molar-refractivity contribution < 1.29 is 9.13 Å². The number of nitrogens with one attached hydrogen (secondary N) is 1. The van der Waals surface area contributed by atoms with E-state index in [1.165, 1.54) is 12.1 Å². The summed E-state index contributed by atoms with van der Waals surface area (Å²) in [5, 5.41) is 3.81. The van der Waals surface area contributed by atoms with Gasteiger partial charge in [0.1, 0.15) is 5.82 Å². The van der Waals surface area contributed by atoms with Gasteiger partial charge < -0.3 is 10.1 Å². The van der Waals surface area contributed by atoms with Gasteiger partial charge in [-0.1, -0.05) is 44.0 Å². The third-order valence-electron chi connectivity index (χ3n) is 3.28. The van der Waals surface area contributed by atoms with Gasteiger partial charge >= 0.3 is 0 Å².